The van der Waals surface area contributed by atoms with E-state index in [1.165, 1.54) is 22.6 Å². The molecule has 1 atom stereocenters. The van der Waals surface area contributed by atoms with Crippen LogP contribution in [-0.2, 0) is 12.8 Å². The fraction of sp³-hybridized carbons (Fsp3) is 0.261. The van der Waals surface area contributed by atoms with Gasteiger partial charge in [0.1, 0.15) is 18.2 Å². The van der Waals surface area contributed by atoms with Crippen molar-refractivity contribution in [3.63, 3.8) is 0 Å². The number of nitrogens with one attached hydrogen (secondary N) is 2. The molecule has 5 rings (SSSR count). The number of benzene rings is 2. The summed E-state index contributed by atoms with van der Waals surface area (Å²) >= 11 is 0. The number of hydrogen-bond acceptors (Lipinski definition) is 3. The van der Waals surface area contributed by atoms with Crippen LogP contribution >= 0.6 is 24.8 Å². The van der Waals surface area contributed by atoms with E-state index in [0.29, 0.717) is 12.6 Å². The van der Waals surface area contributed by atoms with E-state index in [1.807, 2.05) is 30.6 Å². The molecule has 1 unspecified atom stereocenters. The van der Waals surface area contributed by atoms with Crippen molar-refractivity contribution in [2.75, 3.05) is 13.2 Å². The molecule has 0 radical (unpaired) electrons. The number of aromatic amines is 1. The van der Waals surface area contributed by atoms with E-state index >= 15 is 0 Å². The Morgan fingerprint density at radius 3 is 2.93 bits per heavy atom. The molecule has 4 nitrogen and oxygen atoms in total. The third-order valence-electron chi connectivity index (χ3n) is 5.53. The van der Waals surface area contributed by atoms with Gasteiger partial charge in [-0.3, -0.25) is 4.98 Å². The molecule has 1 aliphatic rings. The van der Waals surface area contributed by atoms with Crippen LogP contribution in [0.1, 0.15) is 17.5 Å². The van der Waals surface area contributed by atoms with Gasteiger partial charge < -0.3 is 15.0 Å². The highest BCUT2D eigenvalue weighted by molar-refractivity contribution is 5.86. The van der Waals surface area contributed by atoms with Gasteiger partial charge in [0.2, 0.25) is 0 Å². The molecule has 0 saturated carbocycles. The summed E-state index contributed by atoms with van der Waals surface area (Å²) in [5.41, 5.74) is 4.40. The normalized spacial score (nSPS) is 15.2. The maximum atomic E-state index is 13.5. The summed E-state index contributed by atoms with van der Waals surface area (Å²) in [5, 5.41) is 5.77. The number of H-pyrrole nitrogens is 1. The second kappa shape index (κ2) is 9.65. The second-order valence-corrected chi connectivity index (χ2v) is 7.39. The molecule has 2 aromatic heterocycles. The van der Waals surface area contributed by atoms with Gasteiger partial charge in [-0.25, -0.2) is 4.39 Å². The van der Waals surface area contributed by atoms with Crippen molar-refractivity contribution in [3.05, 3.63) is 71.8 Å². The van der Waals surface area contributed by atoms with Crippen molar-refractivity contribution in [3.8, 4) is 5.75 Å². The van der Waals surface area contributed by atoms with Gasteiger partial charge in [-0.05, 0) is 67.8 Å². The van der Waals surface area contributed by atoms with Gasteiger partial charge in [-0.2, -0.15) is 0 Å². The average molecular weight is 448 g/mol. The maximum absolute atomic E-state index is 13.5. The Hall–Kier alpha value is -2.34. The van der Waals surface area contributed by atoms with Crippen molar-refractivity contribution < 1.29 is 9.13 Å². The van der Waals surface area contributed by atoms with E-state index in [9.17, 15) is 4.39 Å². The van der Waals surface area contributed by atoms with Crippen LogP contribution in [0.5, 0.6) is 5.75 Å². The molecular formula is C23H24Cl2FN3O. The molecule has 0 spiro atoms. The Morgan fingerprint density at radius 2 is 2.03 bits per heavy atom. The maximum Gasteiger partial charge on any atom is 0.123 e. The Bertz CT molecular complexity index is 1150. The SMILES string of the molecule is Cl.Cl.Fc1ccc2[nH]cc(CCCNC3COc4ccc5ncccc5c4C3)c2c1. The Morgan fingerprint density at radius 1 is 1.13 bits per heavy atom. The molecule has 4 aromatic rings. The van der Waals surface area contributed by atoms with Gasteiger partial charge in [0.15, 0.2) is 0 Å². The molecule has 3 heterocycles. The molecular weight excluding hydrogens is 424 g/mol. The van der Waals surface area contributed by atoms with Crippen LogP contribution in [0.15, 0.2) is 54.9 Å². The zero-order chi connectivity index (χ0) is 18.9. The Kier molecular flexibility index (Phi) is 7.19. The molecule has 0 amide bonds. The van der Waals surface area contributed by atoms with E-state index in [4.69, 9.17) is 4.74 Å². The fourth-order valence-electron chi connectivity index (χ4n) is 4.11. The lowest BCUT2D eigenvalue weighted by Crippen LogP contribution is -2.39. The number of halogens is 3. The lowest BCUT2D eigenvalue weighted by atomic mass is 9.98. The number of nitrogens with zero attached hydrogens (tertiary/aromatic N) is 1. The zero-order valence-electron chi connectivity index (χ0n) is 16.4. The minimum atomic E-state index is -0.189. The van der Waals surface area contributed by atoms with E-state index in [-0.39, 0.29) is 30.6 Å². The molecule has 7 heteroatoms. The van der Waals surface area contributed by atoms with Crippen molar-refractivity contribution in [1.82, 2.24) is 15.3 Å². The molecule has 2 aromatic carbocycles. The third kappa shape index (κ3) is 4.38. The summed E-state index contributed by atoms with van der Waals surface area (Å²) in [4.78, 5) is 7.66. The predicted octanol–water partition coefficient (Wildman–Crippen LogP) is 5.22. The van der Waals surface area contributed by atoms with E-state index in [2.05, 4.69) is 21.4 Å². The first kappa shape index (κ1) is 22.3. The Balaban J connectivity index is 0.00000128. The first-order valence-corrected chi connectivity index (χ1v) is 9.76. The molecule has 2 N–H and O–H groups in total. The van der Waals surface area contributed by atoms with Gasteiger partial charge in [0.25, 0.3) is 0 Å². The van der Waals surface area contributed by atoms with Crippen LogP contribution in [0.4, 0.5) is 4.39 Å². The highest BCUT2D eigenvalue weighted by Gasteiger charge is 2.21. The summed E-state index contributed by atoms with van der Waals surface area (Å²) in [6.07, 6.45) is 6.65. The van der Waals surface area contributed by atoms with Gasteiger partial charge in [-0.1, -0.05) is 6.07 Å². The number of rotatable bonds is 5. The van der Waals surface area contributed by atoms with Crippen molar-refractivity contribution >= 4 is 46.6 Å². The van der Waals surface area contributed by atoms with Crippen LogP contribution in [-0.4, -0.2) is 29.2 Å². The van der Waals surface area contributed by atoms with E-state index in [0.717, 1.165) is 48.0 Å². The predicted molar refractivity (Wildman–Crippen MR) is 124 cm³/mol. The molecule has 158 valence electrons. The second-order valence-electron chi connectivity index (χ2n) is 7.39. The topological polar surface area (TPSA) is 49.9 Å². The van der Waals surface area contributed by atoms with Gasteiger partial charge in [0, 0.05) is 40.3 Å². The van der Waals surface area contributed by atoms with Gasteiger partial charge >= 0.3 is 0 Å². The standard InChI is InChI=1S/C23H22FN3O.2ClH/c24-16-5-6-22-19(11-16)15(13-27-22)3-1-9-25-17-12-20-18-4-2-10-26-21(18)7-8-23(20)28-14-17;;/h2,4-8,10-11,13,17,25,27H,1,3,9,12,14H2;2*1H. The highest BCUT2D eigenvalue weighted by atomic mass is 35.5. The van der Waals surface area contributed by atoms with Crippen molar-refractivity contribution in [2.24, 2.45) is 0 Å². The summed E-state index contributed by atoms with van der Waals surface area (Å²) in [7, 11) is 0. The van der Waals surface area contributed by atoms with Crippen LogP contribution in [0.25, 0.3) is 21.8 Å². The fourth-order valence-corrected chi connectivity index (χ4v) is 4.11. The molecule has 0 aliphatic carbocycles. The summed E-state index contributed by atoms with van der Waals surface area (Å²) in [6.45, 7) is 1.57. The molecule has 0 bridgehead atoms. The van der Waals surface area contributed by atoms with Crippen molar-refractivity contribution in [2.45, 2.75) is 25.3 Å². The first-order valence-electron chi connectivity index (χ1n) is 9.76. The van der Waals surface area contributed by atoms with Crippen LogP contribution in [0, 0.1) is 5.82 Å². The average Bonchev–Trinajstić information content (AvgIpc) is 3.13. The number of pyridine rings is 1. The third-order valence-corrected chi connectivity index (χ3v) is 5.53. The highest BCUT2D eigenvalue weighted by Crippen LogP contribution is 2.31. The van der Waals surface area contributed by atoms with Crippen LogP contribution in [0.3, 0.4) is 0 Å². The quantitative estimate of drug-likeness (QED) is 0.412. The number of ether oxygens (including phenoxy) is 1. The summed E-state index contributed by atoms with van der Waals surface area (Å²) in [6, 6.07) is 13.3. The Labute approximate surface area is 187 Å². The largest absolute Gasteiger partial charge is 0.492 e. The summed E-state index contributed by atoms with van der Waals surface area (Å²) < 4.78 is 19.5. The number of hydrogen-bond donors (Lipinski definition) is 2. The van der Waals surface area contributed by atoms with Gasteiger partial charge in [-0.15, -0.1) is 24.8 Å². The molecule has 30 heavy (non-hydrogen) atoms. The number of aromatic nitrogens is 2. The van der Waals surface area contributed by atoms with E-state index < -0.39 is 0 Å². The molecule has 1 aliphatic heterocycles. The lowest BCUT2D eigenvalue weighted by molar-refractivity contribution is 0.240. The minimum absolute atomic E-state index is 0. The van der Waals surface area contributed by atoms with E-state index in [1.54, 1.807) is 12.1 Å². The summed E-state index contributed by atoms with van der Waals surface area (Å²) in [5.74, 6) is 0.783. The van der Waals surface area contributed by atoms with Gasteiger partial charge in [0.05, 0.1) is 5.52 Å². The minimum Gasteiger partial charge on any atom is -0.492 e. The zero-order valence-corrected chi connectivity index (χ0v) is 18.0. The lowest BCUT2D eigenvalue weighted by Gasteiger charge is -2.27. The number of fused-ring (bicyclic) bond motifs is 4. The van der Waals surface area contributed by atoms with Crippen LogP contribution in [0.2, 0.25) is 0 Å². The molecule has 0 fully saturated rings. The first-order chi connectivity index (χ1) is 13.8. The monoisotopic (exact) mass is 447 g/mol. The van der Waals surface area contributed by atoms with Crippen LogP contribution < -0.4 is 10.1 Å². The smallest absolute Gasteiger partial charge is 0.123 e. The molecule has 0 saturated heterocycles. The number of aryl methyl sites for hydroxylation is 1. The van der Waals surface area contributed by atoms with Crippen molar-refractivity contribution in [1.29, 1.82) is 0 Å².